The summed E-state index contributed by atoms with van der Waals surface area (Å²) < 4.78 is 68.0. The lowest BCUT2D eigenvalue weighted by atomic mass is 10.2. The van der Waals surface area contributed by atoms with Gasteiger partial charge in [0.2, 0.25) is 0 Å². The van der Waals surface area contributed by atoms with Crippen LogP contribution >= 0.6 is 0 Å². The largest absolute Gasteiger partial charge is 0.501 e. The van der Waals surface area contributed by atoms with Gasteiger partial charge in [0.1, 0.15) is 5.75 Å². The molecule has 0 radical (unpaired) electrons. The van der Waals surface area contributed by atoms with Crippen molar-refractivity contribution in [3.63, 3.8) is 0 Å². The Morgan fingerprint density at radius 3 is 2.53 bits per heavy atom. The van der Waals surface area contributed by atoms with Crippen LogP contribution in [0.4, 0.5) is 24.5 Å². The Morgan fingerprint density at radius 1 is 1.19 bits per heavy atom. The number of nitrogens with zero attached hydrogens (tertiary/aromatic N) is 3. The van der Waals surface area contributed by atoms with E-state index in [9.17, 15) is 36.5 Å². The van der Waals surface area contributed by atoms with Crippen molar-refractivity contribution < 1.29 is 36.0 Å². The topological polar surface area (TPSA) is 133 Å². The number of carbonyl (C=O) groups is 1. The molecule has 0 fully saturated rings. The van der Waals surface area contributed by atoms with Crippen molar-refractivity contribution in [2.24, 2.45) is 0 Å². The smallest absolute Gasteiger partial charge is 0.495 e. The van der Waals surface area contributed by atoms with Crippen molar-refractivity contribution in [2.75, 3.05) is 12.4 Å². The Kier molecular flexibility index (Phi) is 5.90. The Labute approximate surface area is 178 Å². The number of nitro benzene ring substituents is 1. The van der Waals surface area contributed by atoms with E-state index in [-0.39, 0.29) is 28.5 Å². The summed E-state index contributed by atoms with van der Waals surface area (Å²) in [5.74, 6) is -0.966. The number of carbonyl (C=O) groups excluding carboxylic acids is 1. The SMILES string of the molecule is COc1ccc(S(=O)(=O)C(F)(F)F)cc1NC(=O)c1ccn(-c2cccc([N+](=O)[O-])c2)n1. The maximum absolute atomic E-state index is 12.8. The van der Waals surface area contributed by atoms with Crippen molar-refractivity contribution in [2.45, 2.75) is 10.4 Å². The normalized spacial score (nSPS) is 11.8. The van der Waals surface area contributed by atoms with Crippen LogP contribution in [0.5, 0.6) is 5.75 Å². The van der Waals surface area contributed by atoms with Crippen LogP contribution < -0.4 is 10.1 Å². The fourth-order valence-corrected chi connectivity index (χ4v) is 3.40. The standard InChI is InChI=1S/C18H13F3N4O6S/c1-31-16-6-5-13(32(29,30)18(19,20)21)10-15(16)22-17(26)14-7-8-24(23-14)11-3-2-4-12(9-11)25(27)28/h2-10H,1H3,(H,22,26). The third-order valence-electron chi connectivity index (χ3n) is 4.16. The van der Waals surface area contributed by atoms with Crippen LogP contribution in [0.1, 0.15) is 10.5 Å². The Bertz CT molecular complexity index is 1300. The molecule has 0 aliphatic carbocycles. The quantitative estimate of drug-likeness (QED) is 0.431. The Morgan fingerprint density at radius 2 is 1.91 bits per heavy atom. The first-order valence-corrected chi connectivity index (χ1v) is 10.0. The highest BCUT2D eigenvalue weighted by Gasteiger charge is 2.47. The molecule has 0 saturated carbocycles. The van der Waals surface area contributed by atoms with Crippen LogP contribution in [0.3, 0.4) is 0 Å². The van der Waals surface area contributed by atoms with E-state index in [4.69, 9.17) is 4.74 Å². The van der Waals surface area contributed by atoms with Gasteiger partial charge in [0.15, 0.2) is 5.69 Å². The van der Waals surface area contributed by atoms with E-state index in [2.05, 4.69) is 10.4 Å². The van der Waals surface area contributed by atoms with E-state index in [0.717, 1.165) is 6.07 Å². The molecule has 0 saturated heterocycles. The lowest BCUT2D eigenvalue weighted by Gasteiger charge is -2.13. The predicted molar refractivity (Wildman–Crippen MR) is 104 cm³/mol. The number of rotatable bonds is 6. The van der Waals surface area contributed by atoms with Gasteiger partial charge in [-0.2, -0.15) is 18.3 Å². The zero-order valence-electron chi connectivity index (χ0n) is 16.0. The van der Waals surface area contributed by atoms with Gasteiger partial charge in [0, 0.05) is 18.3 Å². The van der Waals surface area contributed by atoms with Crippen LogP contribution in [0, 0.1) is 10.1 Å². The number of nitro groups is 1. The molecule has 3 rings (SSSR count). The summed E-state index contributed by atoms with van der Waals surface area (Å²) in [6.45, 7) is 0. The zero-order valence-corrected chi connectivity index (χ0v) is 16.8. The molecule has 0 spiro atoms. The minimum absolute atomic E-state index is 0.0856. The van der Waals surface area contributed by atoms with Crippen LogP contribution in [-0.2, 0) is 9.84 Å². The molecule has 0 aliphatic heterocycles. The predicted octanol–water partition coefficient (Wildman–Crippen LogP) is 3.33. The van der Waals surface area contributed by atoms with Crippen LogP contribution in [0.25, 0.3) is 5.69 Å². The number of sulfone groups is 1. The molecular formula is C18H13F3N4O6S. The molecule has 32 heavy (non-hydrogen) atoms. The van der Waals surface area contributed by atoms with E-state index < -0.39 is 31.1 Å². The molecule has 0 aliphatic rings. The van der Waals surface area contributed by atoms with Crippen LogP contribution in [-0.4, -0.2) is 41.6 Å². The minimum Gasteiger partial charge on any atom is -0.495 e. The van der Waals surface area contributed by atoms with Crippen molar-refractivity contribution in [3.05, 3.63) is 70.5 Å². The van der Waals surface area contributed by atoms with Crippen molar-refractivity contribution >= 4 is 27.1 Å². The maximum Gasteiger partial charge on any atom is 0.501 e. The second-order valence-corrected chi connectivity index (χ2v) is 8.13. The second kappa shape index (κ2) is 8.30. The average molecular weight is 470 g/mol. The Balaban J connectivity index is 1.90. The van der Waals surface area contributed by atoms with E-state index >= 15 is 0 Å². The number of hydrogen-bond acceptors (Lipinski definition) is 7. The summed E-state index contributed by atoms with van der Waals surface area (Å²) in [5, 5.41) is 17.2. The molecule has 0 bridgehead atoms. The summed E-state index contributed by atoms with van der Waals surface area (Å²) in [4.78, 5) is 21.8. The maximum atomic E-state index is 12.8. The number of alkyl halides is 3. The van der Waals surface area contributed by atoms with E-state index in [0.29, 0.717) is 12.1 Å². The highest BCUT2D eigenvalue weighted by molar-refractivity contribution is 7.92. The summed E-state index contributed by atoms with van der Waals surface area (Å²) in [5.41, 5.74) is -5.96. The second-order valence-electron chi connectivity index (χ2n) is 6.19. The number of anilines is 1. The van der Waals surface area contributed by atoms with E-state index in [1.807, 2.05) is 0 Å². The first kappa shape index (κ1) is 22.7. The summed E-state index contributed by atoms with van der Waals surface area (Å²) >= 11 is 0. The molecule has 2 aromatic carbocycles. The zero-order chi connectivity index (χ0) is 23.7. The monoisotopic (exact) mass is 470 g/mol. The number of ether oxygens (including phenoxy) is 1. The molecule has 168 valence electrons. The van der Waals surface area contributed by atoms with Crippen molar-refractivity contribution in [1.29, 1.82) is 0 Å². The van der Waals surface area contributed by atoms with E-state index in [1.54, 1.807) is 0 Å². The summed E-state index contributed by atoms with van der Waals surface area (Å²) in [7, 11) is -4.47. The average Bonchev–Trinajstić information content (AvgIpc) is 3.23. The molecule has 1 heterocycles. The highest BCUT2D eigenvalue weighted by Crippen LogP contribution is 2.34. The number of aromatic nitrogens is 2. The van der Waals surface area contributed by atoms with Gasteiger partial charge in [0.25, 0.3) is 21.4 Å². The molecule has 1 amide bonds. The molecule has 0 unspecified atom stereocenters. The number of benzene rings is 2. The fourth-order valence-electron chi connectivity index (χ4n) is 2.61. The number of methoxy groups -OCH3 is 1. The summed E-state index contributed by atoms with van der Waals surface area (Å²) in [6.07, 6.45) is 1.34. The number of halogens is 3. The first-order valence-electron chi connectivity index (χ1n) is 8.55. The van der Waals surface area contributed by atoms with Crippen molar-refractivity contribution in [1.82, 2.24) is 9.78 Å². The van der Waals surface area contributed by atoms with Gasteiger partial charge >= 0.3 is 5.51 Å². The lowest BCUT2D eigenvalue weighted by molar-refractivity contribution is -0.384. The number of nitrogens with one attached hydrogen (secondary N) is 1. The van der Waals surface area contributed by atoms with Crippen molar-refractivity contribution in [3.8, 4) is 11.4 Å². The number of amides is 1. The molecule has 0 atom stereocenters. The Hall–Kier alpha value is -3.94. The van der Waals surface area contributed by atoms with Gasteiger partial charge in [-0.05, 0) is 30.3 Å². The third kappa shape index (κ3) is 4.39. The number of non-ortho nitro benzene ring substituents is 1. The molecule has 10 nitrogen and oxygen atoms in total. The first-order chi connectivity index (χ1) is 14.9. The molecular weight excluding hydrogens is 457 g/mol. The lowest BCUT2D eigenvalue weighted by Crippen LogP contribution is -2.23. The van der Waals surface area contributed by atoms with Gasteiger partial charge in [-0.25, -0.2) is 13.1 Å². The molecule has 1 aromatic heterocycles. The van der Waals surface area contributed by atoms with Crippen LogP contribution in [0.15, 0.2) is 59.6 Å². The van der Waals surface area contributed by atoms with Gasteiger partial charge in [-0.3, -0.25) is 14.9 Å². The number of hydrogen-bond donors (Lipinski definition) is 1. The van der Waals surface area contributed by atoms with Gasteiger partial charge in [-0.1, -0.05) is 6.07 Å². The van der Waals surface area contributed by atoms with E-state index in [1.165, 1.54) is 48.3 Å². The fraction of sp³-hybridized carbons (Fsp3) is 0.111. The molecule has 1 N–H and O–H groups in total. The highest BCUT2D eigenvalue weighted by atomic mass is 32.2. The molecule has 3 aromatic rings. The van der Waals surface area contributed by atoms with Gasteiger partial charge in [-0.15, -0.1) is 0 Å². The van der Waals surface area contributed by atoms with Gasteiger partial charge < -0.3 is 10.1 Å². The van der Waals surface area contributed by atoms with Gasteiger partial charge in [0.05, 0.1) is 28.3 Å². The summed E-state index contributed by atoms with van der Waals surface area (Å²) in [6, 6.07) is 8.99. The van der Waals surface area contributed by atoms with Crippen LogP contribution in [0.2, 0.25) is 0 Å². The molecule has 14 heteroatoms. The third-order valence-corrected chi connectivity index (χ3v) is 5.64. The minimum atomic E-state index is -5.65.